The van der Waals surface area contributed by atoms with Gasteiger partial charge >= 0.3 is 0 Å². The lowest BCUT2D eigenvalue weighted by Crippen LogP contribution is -2.28. The molecule has 0 amide bonds. The minimum atomic E-state index is -0.328. The van der Waals surface area contributed by atoms with Crippen molar-refractivity contribution in [3.05, 3.63) is 35.4 Å². The van der Waals surface area contributed by atoms with E-state index in [1.165, 1.54) is 0 Å². The lowest BCUT2D eigenvalue weighted by molar-refractivity contribution is 0.262. The van der Waals surface area contributed by atoms with Crippen LogP contribution in [-0.4, -0.2) is 18.0 Å². The molecule has 0 spiro atoms. The summed E-state index contributed by atoms with van der Waals surface area (Å²) in [6.45, 7) is 5.63. The van der Waals surface area contributed by atoms with Crippen molar-refractivity contribution in [2.24, 2.45) is 0 Å². The molecule has 16 heavy (non-hydrogen) atoms. The number of benzene rings is 1. The van der Waals surface area contributed by atoms with Crippen molar-refractivity contribution in [2.45, 2.75) is 19.9 Å². The maximum atomic E-state index is 9.23. The highest BCUT2D eigenvalue weighted by Crippen LogP contribution is 2.22. The Kier molecular flexibility index (Phi) is 4.51. The molecular formula is C13H15N3. The minimum Gasteiger partial charge on any atom is -0.285 e. The molecule has 1 aromatic rings. The topological polar surface area (TPSA) is 50.8 Å². The summed E-state index contributed by atoms with van der Waals surface area (Å²) < 4.78 is 0. The van der Waals surface area contributed by atoms with Gasteiger partial charge in [0.05, 0.1) is 17.7 Å². The molecule has 1 aromatic carbocycles. The van der Waals surface area contributed by atoms with E-state index in [1.807, 2.05) is 36.9 Å². The minimum absolute atomic E-state index is 0.328. The van der Waals surface area contributed by atoms with Crippen LogP contribution >= 0.6 is 0 Å². The fraction of sp³-hybridized carbons (Fsp3) is 0.385. The smallest absolute Gasteiger partial charge is 0.125 e. The molecule has 82 valence electrons. The maximum Gasteiger partial charge on any atom is 0.125 e. The second-order valence-electron chi connectivity index (χ2n) is 3.45. The molecule has 0 bridgehead atoms. The van der Waals surface area contributed by atoms with Gasteiger partial charge in [-0.1, -0.05) is 32.0 Å². The fourth-order valence-electron chi connectivity index (χ4n) is 1.77. The van der Waals surface area contributed by atoms with E-state index in [4.69, 9.17) is 5.26 Å². The van der Waals surface area contributed by atoms with E-state index in [0.717, 1.165) is 18.7 Å². The van der Waals surface area contributed by atoms with Gasteiger partial charge in [0.2, 0.25) is 0 Å². The molecule has 0 aliphatic rings. The second-order valence-corrected chi connectivity index (χ2v) is 3.45. The molecule has 3 nitrogen and oxygen atoms in total. The summed E-state index contributed by atoms with van der Waals surface area (Å²) in [5, 5.41) is 18.2. The van der Waals surface area contributed by atoms with Crippen LogP contribution in [0, 0.1) is 22.7 Å². The van der Waals surface area contributed by atoms with Gasteiger partial charge in [0.15, 0.2) is 0 Å². The Balaban J connectivity index is 3.15. The van der Waals surface area contributed by atoms with Crippen LogP contribution in [0.2, 0.25) is 0 Å². The molecule has 1 unspecified atom stereocenters. The van der Waals surface area contributed by atoms with Crippen LogP contribution in [0.4, 0.5) is 0 Å². The van der Waals surface area contributed by atoms with E-state index in [1.54, 1.807) is 6.07 Å². The quantitative estimate of drug-likeness (QED) is 0.772. The Hall–Kier alpha value is -1.84. The molecule has 0 saturated heterocycles. The zero-order chi connectivity index (χ0) is 12.0. The third-order valence-electron chi connectivity index (χ3n) is 2.68. The summed E-state index contributed by atoms with van der Waals surface area (Å²) in [5.41, 5.74) is 1.39. The van der Waals surface area contributed by atoms with Gasteiger partial charge in [0.25, 0.3) is 0 Å². The molecule has 3 heteroatoms. The maximum absolute atomic E-state index is 9.23. The molecule has 0 heterocycles. The molecular weight excluding hydrogens is 198 g/mol. The normalized spacial score (nSPS) is 11.8. The molecule has 1 atom stereocenters. The largest absolute Gasteiger partial charge is 0.285 e. The lowest BCUT2D eigenvalue weighted by atomic mass is 10.0. The number of nitrogens with zero attached hydrogens (tertiary/aromatic N) is 3. The Labute approximate surface area is 96.5 Å². The molecule has 1 rings (SSSR count). The van der Waals surface area contributed by atoms with Gasteiger partial charge in [-0.3, -0.25) is 4.90 Å². The van der Waals surface area contributed by atoms with E-state index in [9.17, 15) is 5.26 Å². The number of hydrogen-bond acceptors (Lipinski definition) is 3. The molecule has 0 fully saturated rings. The Bertz CT molecular complexity index is 422. The highest BCUT2D eigenvalue weighted by Gasteiger charge is 2.19. The van der Waals surface area contributed by atoms with Gasteiger partial charge < -0.3 is 0 Å². The van der Waals surface area contributed by atoms with Crippen molar-refractivity contribution in [3.63, 3.8) is 0 Å². The van der Waals surface area contributed by atoms with Gasteiger partial charge in [0, 0.05) is 5.56 Å². The van der Waals surface area contributed by atoms with Crippen molar-refractivity contribution in [3.8, 4) is 12.1 Å². The first-order valence-corrected chi connectivity index (χ1v) is 5.41. The fourth-order valence-corrected chi connectivity index (χ4v) is 1.77. The van der Waals surface area contributed by atoms with E-state index >= 15 is 0 Å². The monoisotopic (exact) mass is 213 g/mol. The summed E-state index contributed by atoms with van der Waals surface area (Å²) in [6, 6.07) is 11.4. The standard InChI is InChI=1S/C13H15N3/c1-3-16(4-2)13(10-15)12-8-6-5-7-11(12)9-14/h5-8,13H,3-4H2,1-2H3. The van der Waals surface area contributed by atoms with E-state index in [2.05, 4.69) is 12.1 Å². The first-order valence-electron chi connectivity index (χ1n) is 5.41. The predicted octanol–water partition coefficient (Wildman–Crippen LogP) is 2.46. The van der Waals surface area contributed by atoms with Gasteiger partial charge in [-0.2, -0.15) is 10.5 Å². The Morgan fingerprint density at radius 3 is 2.31 bits per heavy atom. The SMILES string of the molecule is CCN(CC)C(C#N)c1ccccc1C#N. The van der Waals surface area contributed by atoms with Crippen LogP contribution in [0.5, 0.6) is 0 Å². The molecule has 0 aliphatic carbocycles. The first kappa shape index (κ1) is 12.2. The number of nitriles is 2. The van der Waals surface area contributed by atoms with Crippen molar-refractivity contribution in [1.29, 1.82) is 10.5 Å². The number of hydrogen-bond donors (Lipinski definition) is 0. The van der Waals surface area contributed by atoms with Gasteiger partial charge in [-0.05, 0) is 19.2 Å². The van der Waals surface area contributed by atoms with E-state index in [-0.39, 0.29) is 6.04 Å². The molecule has 0 radical (unpaired) electrons. The van der Waals surface area contributed by atoms with Crippen LogP contribution in [0.15, 0.2) is 24.3 Å². The zero-order valence-corrected chi connectivity index (χ0v) is 9.64. The highest BCUT2D eigenvalue weighted by atomic mass is 15.1. The average molecular weight is 213 g/mol. The molecule has 0 N–H and O–H groups in total. The predicted molar refractivity (Wildman–Crippen MR) is 62.4 cm³/mol. The van der Waals surface area contributed by atoms with Crippen molar-refractivity contribution in [2.75, 3.05) is 13.1 Å². The van der Waals surface area contributed by atoms with Gasteiger partial charge in [-0.25, -0.2) is 0 Å². The summed E-state index contributed by atoms with van der Waals surface area (Å²) >= 11 is 0. The van der Waals surface area contributed by atoms with Crippen molar-refractivity contribution >= 4 is 0 Å². The van der Waals surface area contributed by atoms with Crippen LogP contribution in [0.25, 0.3) is 0 Å². The molecule has 0 saturated carbocycles. The van der Waals surface area contributed by atoms with E-state index in [0.29, 0.717) is 5.56 Å². The Morgan fingerprint density at radius 2 is 1.81 bits per heavy atom. The third kappa shape index (κ3) is 2.39. The van der Waals surface area contributed by atoms with Crippen molar-refractivity contribution in [1.82, 2.24) is 4.90 Å². The van der Waals surface area contributed by atoms with Crippen LogP contribution in [0.3, 0.4) is 0 Å². The van der Waals surface area contributed by atoms with Crippen LogP contribution in [-0.2, 0) is 0 Å². The van der Waals surface area contributed by atoms with Gasteiger partial charge in [-0.15, -0.1) is 0 Å². The highest BCUT2D eigenvalue weighted by molar-refractivity contribution is 5.41. The lowest BCUT2D eigenvalue weighted by Gasteiger charge is -2.24. The second kappa shape index (κ2) is 5.90. The molecule has 0 aliphatic heterocycles. The summed E-state index contributed by atoms with van der Waals surface area (Å²) in [7, 11) is 0. The summed E-state index contributed by atoms with van der Waals surface area (Å²) in [4.78, 5) is 2.04. The zero-order valence-electron chi connectivity index (χ0n) is 9.64. The average Bonchev–Trinajstić information content (AvgIpc) is 2.35. The third-order valence-corrected chi connectivity index (χ3v) is 2.68. The van der Waals surface area contributed by atoms with E-state index < -0.39 is 0 Å². The van der Waals surface area contributed by atoms with Crippen LogP contribution < -0.4 is 0 Å². The summed E-state index contributed by atoms with van der Waals surface area (Å²) in [5.74, 6) is 0. The summed E-state index contributed by atoms with van der Waals surface area (Å²) in [6.07, 6.45) is 0. The van der Waals surface area contributed by atoms with Crippen molar-refractivity contribution < 1.29 is 0 Å². The Morgan fingerprint density at radius 1 is 1.19 bits per heavy atom. The molecule has 0 aromatic heterocycles. The first-order chi connectivity index (χ1) is 7.78. The van der Waals surface area contributed by atoms with Crippen LogP contribution in [0.1, 0.15) is 31.0 Å². The number of rotatable bonds is 4. The van der Waals surface area contributed by atoms with Gasteiger partial charge in [0.1, 0.15) is 6.04 Å².